The van der Waals surface area contributed by atoms with Crippen molar-refractivity contribution in [2.75, 3.05) is 7.05 Å². The third-order valence-electron chi connectivity index (χ3n) is 2.95. The lowest BCUT2D eigenvalue weighted by Gasteiger charge is -2.35. The highest BCUT2D eigenvalue weighted by Crippen LogP contribution is 2.39. The minimum atomic E-state index is -0.176. The SMILES string of the molecule is CNC1CC(c2ccc(F)cc2Br)C1. The van der Waals surface area contributed by atoms with Gasteiger partial charge in [0.25, 0.3) is 0 Å². The van der Waals surface area contributed by atoms with Crippen LogP contribution in [0.5, 0.6) is 0 Å². The van der Waals surface area contributed by atoms with Gasteiger partial charge < -0.3 is 5.32 Å². The van der Waals surface area contributed by atoms with E-state index in [0.29, 0.717) is 12.0 Å². The van der Waals surface area contributed by atoms with Crippen molar-refractivity contribution in [3.05, 3.63) is 34.1 Å². The molecule has 14 heavy (non-hydrogen) atoms. The fourth-order valence-electron chi connectivity index (χ4n) is 1.94. The molecule has 1 saturated carbocycles. The molecule has 0 atom stereocenters. The Morgan fingerprint density at radius 3 is 2.71 bits per heavy atom. The molecule has 0 bridgehead atoms. The van der Waals surface area contributed by atoms with Crippen LogP contribution in [0, 0.1) is 5.82 Å². The van der Waals surface area contributed by atoms with Crippen LogP contribution < -0.4 is 5.32 Å². The van der Waals surface area contributed by atoms with Gasteiger partial charge in [-0.3, -0.25) is 0 Å². The second kappa shape index (κ2) is 3.99. The Morgan fingerprint density at radius 1 is 1.43 bits per heavy atom. The van der Waals surface area contributed by atoms with Gasteiger partial charge in [0.15, 0.2) is 0 Å². The second-order valence-corrected chi connectivity index (χ2v) is 4.67. The molecule has 3 heteroatoms. The van der Waals surface area contributed by atoms with Gasteiger partial charge in [-0.1, -0.05) is 22.0 Å². The second-order valence-electron chi connectivity index (χ2n) is 3.82. The Bertz CT molecular complexity index is 334. The van der Waals surface area contributed by atoms with Gasteiger partial charge in [0.05, 0.1) is 0 Å². The Labute approximate surface area is 91.8 Å². The molecule has 0 unspecified atom stereocenters. The van der Waals surface area contributed by atoms with Crippen molar-refractivity contribution >= 4 is 15.9 Å². The average molecular weight is 258 g/mol. The molecular weight excluding hydrogens is 245 g/mol. The molecule has 0 aromatic heterocycles. The summed E-state index contributed by atoms with van der Waals surface area (Å²) in [5, 5.41) is 3.24. The molecule has 1 fully saturated rings. The summed E-state index contributed by atoms with van der Waals surface area (Å²) in [6, 6.07) is 5.60. The van der Waals surface area contributed by atoms with E-state index in [9.17, 15) is 4.39 Å². The summed E-state index contributed by atoms with van der Waals surface area (Å²) < 4.78 is 13.7. The number of hydrogen-bond acceptors (Lipinski definition) is 1. The molecule has 0 radical (unpaired) electrons. The summed E-state index contributed by atoms with van der Waals surface area (Å²) in [6.45, 7) is 0. The first-order chi connectivity index (χ1) is 6.70. The molecule has 1 aromatic rings. The Kier molecular flexibility index (Phi) is 2.88. The van der Waals surface area contributed by atoms with Crippen molar-refractivity contribution in [2.45, 2.75) is 24.8 Å². The Balaban J connectivity index is 2.11. The maximum atomic E-state index is 12.8. The number of halogens is 2. The van der Waals surface area contributed by atoms with Crippen molar-refractivity contribution in [2.24, 2.45) is 0 Å². The molecule has 1 aromatic carbocycles. The zero-order valence-corrected chi connectivity index (χ0v) is 9.64. The van der Waals surface area contributed by atoms with Gasteiger partial charge in [0.2, 0.25) is 0 Å². The van der Waals surface area contributed by atoms with E-state index in [2.05, 4.69) is 21.2 Å². The van der Waals surface area contributed by atoms with Crippen LogP contribution in [0.3, 0.4) is 0 Å². The minimum Gasteiger partial charge on any atom is -0.317 e. The summed E-state index contributed by atoms with van der Waals surface area (Å²) in [6.07, 6.45) is 2.31. The van der Waals surface area contributed by atoms with E-state index < -0.39 is 0 Å². The van der Waals surface area contributed by atoms with Crippen LogP contribution in [0.15, 0.2) is 22.7 Å². The number of benzene rings is 1. The number of rotatable bonds is 2. The Hall–Kier alpha value is -0.410. The lowest BCUT2D eigenvalue weighted by atomic mass is 9.76. The van der Waals surface area contributed by atoms with E-state index in [1.54, 1.807) is 6.07 Å². The van der Waals surface area contributed by atoms with Crippen LogP contribution >= 0.6 is 15.9 Å². The number of nitrogens with one attached hydrogen (secondary N) is 1. The normalized spacial score (nSPS) is 25.9. The van der Waals surface area contributed by atoms with E-state index in [0.717, 1.165) is 17.3 Å². The van der Waals surface area contributed by atoms with Crippen molar-refractivity contribution < 1.29 is 4.39 Å². The highest BCUT2D eigenvalue weighted by Gasteiger charge is 2.30. The van der Waals surface area contributed by atoms with Gasteiger partial charge in [0.1, 0.15) is 5.82 Å². The molecule has 1 aliphatic carbocycles. The van der Waals surface area contributed by atoms with Crippen molar-refractivity contribution in [1.82, 2.24) is 5.32 Å². The maximum Gasteiger partial charge on any atom is 0.124 e. The first kappa shape index (κ1) is 10.1. The molecule has 2 rings (SSSR count). The molecule has 1 nitrogen and oxygen atoms in total. The first-order valence-electron chi connectivity index (χ1n) is 4.83. The monoisotopic (exact) mass is 257 g/mol. The van der Waals surface area contributed by atoms with Crippen LogP contribution in [-0.2, 0) is 0 Å². The molecule has 0 spiro atoms. The van der Waals surface area contributed by atoms with Crippen molar-refractivity contribution in [3.63, 3.8) is 0 Å². The quantitative estimate of drug-likeness (QED) is 0.859. The van der Waals surface area contributed by atoms with E-state index in [1.165, 1.54) is 11.6 Å². The largest absolute Gasteiger partial charge is 0.317 e. The minimum absolute atomic E-state index is 0.176. The molecule has 0 amide bonds. The van der Waals surface area contributed by atoms with Gasteiger partial charge in [0, 0.05) is 10.5 Å². The Morgan fingerprint density at radius 2 is 2.14 bits per heavy atom. The lowest BCUT2D eigenvalue weighted by molar-refractivity contribution is 0.306. The smallest absolute Gasteiger partial charge is 0.124 e. The van der Waals surface area contributed by atoms with Crippen LogP contribution in [0.1, 0.15) is 24.3 Å². The van der Waals surface area contributed by atoms with Crippen molar-refractivity contribution in [3.8, 4) is 0 Å². The van der Waals surface area contributed by atoms with Gasteiger partial charge in [-0.25, -0.2) is 4.39 Å². The summed E-state index contributed by atoms with van der Waals surface area (Å²) in [5.41, 5.74) is 1.23. The van der Waals surface area contributed by atoms with Gasteiger partial charge in [-0.05, 0) is 43.5 Å². The molecule has 1 N–H and O–H groups in total. The summed E-state index contributed by atoms with van der Waals surface area (Å²) in [5.74, 6) is 0.410. The topological polar surface area (TPSA) is 12.0 Å². The summed E-state index contributed by atoms with van der Waals surface area (Å²) in [4.78, 5) is 0. The van der Waals surface area contributed by atoms with E-state index in [1.807, 2.05) is 13.1 Å². The zero-order valence-electron chi connectivity index (χ0n) is 8.06. The predicted molar refractivity (Wildman–Crippen MR) is 58.9 cm³/mol. The zero-order chi connectivity index (χ0) is 10.1. The maximum absolute atomic E-state index is 12.8. The molecule has 0 heterocycles. The average Bonchev–Trinajstić information content (AvgIpc) is 2.06. The van der Waals surface area contributed by atoms with Gasteiger partial charge in [-0.15, -0.1) is 0 Å². The standard InChI is InChI=1S/C11H13BrFN/c1-14-9-4-7(5-9)10-3-2-8(13)6-11(10)12/h2-3,6-7,9,14H,4-5H2,1H3. The van der Waals surface area contributed by atoms with Crippen LogP contribution in [-0.4, -0.2) is 13.1 Å². The highest BCUT2D eigenvalue weighted by molar-refractivity contribution is 9.10. The van der Waals surface area contributed by atoms with E-state index in [4.69, 9.17) is 0 Å². The van der Waals surface area contributed by atoms with Crippen LogP contribution in [0.25, 0.3) is 0 Å². The van der Waals surface area contributed by atoms with Crippen molar-refractivity contribution in [1.29, 1.82) is 0 Å². The molecular formula is C11H13BrFN. The fraction of sp³-hybridized carbons (Fsp3) is 0.455. The van der Waals surface area contributed by atoms with Crippen LogP contribution in [0.2, 0.25) is 0 Å². The van der Waals surface area contributed by atoms with E-state index in [-0.39, 0.29) is 5.82 Å². The first-order valence-corrected chi connectivity index (χ1v) is 5.62. The van der Waals surface area contributed by atoms with Gasteiger partial charge in [-0.2, -0.15) is 0 Å². The van der Waals surface area contributed by atoms with Crippen LogP contribution in [0.4, 0.5) is 4.39 Å². The molecule has 76 valence electrons. The van der Waals surface area contributed by atoms with E-state index >= 15 is 0 Å². The third kappa shape index (κ3) is 1.84. The lowest BCUT2D eigenvalue weighted by Crippen LogP contribution is -2.37. The predicted octanol–water partition coefficient (Wildman–Crippen LogP) is 3.05. The summed E-state index contributed by atoms with van der Waals surface area (Å²) >= 11 is 3.40. The molecule has 1 aliphatic rings. The molecule has 0 aliphatic heterocycles. The number of hydrogen-bond donors (Lipinski definition) is 1. The van der Waals surface area contributed by atoms with Gasteiger partial charge >= 0.3 is 0 Å². The third-order valence-corrected chi connectivity index (χ3v) is 3.64. The fourth-order valence-corrected chi connectivity index (χ4v) is 2.61. The highest BCUT2D eigenvalue weighted by atomic mass is 79.9. The molecule has 0 saturated heterocycles. The summed E-state index contributed by atoms with van der Waals surface area (Å²) in [7, 11) is 1.99.